The molecule has 0 aliphatic rings. The van der Waals surface area contributed by atoms with Gasteiger partial charge in [-0.15, -0.1) is 0 Å². The van der Waals surface area contributed by atoms with E-state index in [1.54, 1.807) is 19.6 Å². The lowest BCUT2D eigenvalue weighted by atomic mass is 9.77. The van der Waals surface area contributed by atoms with Gasteiger partial charge in [-0.25, -0.2) is 10.0 Å². The molecule has 4 rings (SSSR count). The maximum Gasteiger partial charge on any atom is 0.297 e. The second kappa shape index (κ2) is 8.35. The summed E-state index contributed by atoms with van der Waals surface area (Å²) in [6.45, 7) is 0. The Morgan fingerprint density at radius 3 is 1.67 bits per heavy atom. The molecule has 0 saturated carbocycles. The van der Waals surface area contributed by atoms with Gasteiger partial charge in [0.2, 0.25) is 0 Å². The SMILES string of the molecule is CON(C)C(=O)c1cn(C(c2ccccc2)(c2ccccc2)c2ccccc2)cn1. The molecule has 1 amide bonds. The van der Waals surface area contributed by atoms with Crippen molar-refractivity contribution in [2.75, 3.05) is 14.2 Å². The molecule has 0 aliphatic carbocycles. The van der Waals surface area contributed by atoms with Gasteiger partial charge in [0.15, 0.2) is 0 Å². The van der Waals surface area contributed by atoms with E-state index in [-0.39, 0.29) is 5.91 Å². The van der Waals surface area contributed by atoms with E-state index < -0.39 is 5.54 Å². The summed E-state index contributed by atoms with van der Waals surface area (Å²) in [5.41, 5.74) is 2.82. The molecule has 0 fully saturated rings. The molecule has 0 atom stereocenters. The Hall–Kier alpha value is -3.70. The largest absolute Gasteiger partial charge is 0.318 e. The minimum absolute atomic E-state index is 0.306. The Balaban J connectivity index is 2.02. The molecule has 5 heteroatoms. The highest BCUT2D eigenvalue weighted by Crippen LogP contribution is 2.40. The van der Waals surface area contributed by atoms with Crippen LogP contribution in [-0.2, 0) is 10.4 Å². The van der Waals surface area contributed by atoms with E-state index in [0.717, 1.165) is 16.7 Å². The van der Waals surface area contributed by atoms with Crippen molar-refractivity contribution in [2.45, 2.75) is 5.54 Å². The van der Waals surface area contributed by atoms with E-state index in [0.29, 0.717) is 5.69 Å². The molecule has 0 unspecified atom stereocenters. The number of hydrogen-bond donors (Lipinski definition) is 0. The van der Waals surface area contributed by atoms with E-state index in [4.69, 9.17) is 4.84 Å². The number of aromatic nitrogens is 2. The number of carbonyl (C=O) groups excluding carboxylic acids is 1. The normalized spacial score (nSPS) is 11.3. The minimum atomic E-state index is -0.693. The smallest absolute Gasteiger partial charge is 0.297 e. The predicted molar refractivity (Wildman–Crippen MR) is 116 cm³/mol. The van der Waals surface area contributed by atoms with Gasteiger partial charge in [-0.1, -0.05) is 91.0 Å². The van der Waals surface area contributed by atoms with E-state index in [2.05, 4.69) is 41.4 Å². The molecule has 1 aromatic heterocycles. The maximum absolute atomic E-state index is 12.7. The van der Waals surface area contributed by atoms with Gasteiger partial charge in [0, 0.05) is 13.2 Å². The number of benzene rings is 3. The summed E-state index contributed by atoms with van der Waals surface area (Å²) in [4.78, 5) is 22.1. The number of imidazole rings is 1. The minimum Gasteiger partial charge on any atom is -0.318 e. The Labute approximate surface area is 176 Å². The van der Waals surface area contributed by atoms with Crippen molar-refractivity contribution >= 4 is 5.91 Å². The van der Waals surface area contributed by atoms with Crippen molar-refractivity contribution in [3.05, 3.63) is 126 Å². The molecule has 0 saturated heterocycles. The van der Waals surface area contributed by atoms with Crippen LogP contribution in [0.2, 0.25) is 0 Å². The van der Waals surface area contributed by atoms with Gasteiger partial charge in [0.1, 0.15) is 11.2 Å². The van der Waals surface area contributed by atoms with Crippen molar-refractivity contribution in [3.8, 4) is 0 Å². The predicted octanol–water partition coefficient (Wildman–Crippen LogP) is 4.36. The summed E-state index contributed by atoms with van der Waals surface area (Å²) in [6.07, 6.45) is 3.49. The first kappa shape index (κ1) is 19.6. The molecular formula is C25H23N3O2. The zero-order chi connectivity index (χ0) is 21.0. The van der Waals surface area contributed by atoms with Crippen LogP contribution in [0, 0.1) is 0 Å². The van der Waals surface area contributed by atoms with Crippen LogP contribution in [-0.4, -0.2) is 34.7 Å². The Morgan fingerprint density at radius 1 is 0.833 bits per heavy atom. The number of carbonyl (C=O) groups is 1. The summed E-state index contributed by atoms with van der Waals surface area (Å²) in [5, 5.41) is 1.17. The van der Waals surface area contributed by atoms with E-state index >= 15 is 0 Å². The van der Waals surface area contributed by atoms with Crippen LogP contribution in [0.25, 0.3) is 0 Å². The maximum atomic E-state index is 12.7. The Bertz CT molecular complexity index is 1010. The second-order valence-corrected chi connectivity index (χ2v) is 6.96. The first-order valence-corrected chi connectivity index (χ1v) is 9.71. The molecule has 1 heterocycles. The van der Waals surface area contributed by atoms with Crippen LogP contribution < -0.4 is 0 Å². The Morgan fingerprint density at radius 2 is 1.27 bits per heavy atom. The van der Waals surface area contributed by atoms with Crippen LogP contribution in [0.1, 0.15) is 27.2 Å². The van der Waals surface area contributed by atoms with Crippen molar-refractivity contribution in [1.82, 2.24) is 14.6 Å². The molecule has 0 aliphatic heterocycles. The molecule has 0 N–H and O–H groups in total. The summed E-state index contributed by atoms with van der Waals surface area (Å²) in [7, 11) is 3.03. The lowest BCUT2D eigenvalue weighted by molar-refractivity contribution is -0.0760. The standard InChI is InChI=1S/C25H23N3O2/c1-27(30-2)24(29)23-18-28(19-26-23)25(20-12-6-3-7-13-20,21-14-8-4-9-15-21)22-16-10-5-11-17-22/h3-19H,1-2H3. The fraction of sp³-hybridized carbons (Fsp3) is 0.120. The first-order valence-electron chi connectivity index (χ1n) is 9.71. The van der Waals surface area contributed by atoms with Crippen LogP contribution in [0.4, 0.5) is 0 Å². The van der Waals surface area contributed by atoms with Crippen LogP contribution in [0.5, 0.6) is 0 Å². The summed E-state index contributed by atoms with van der Waals surface area (Å²) < 4.78 is 2.00. The van der Waals surface area contributed by atoms with Crippen molar-refractivity contribution in [3.63, 3.8) is 0 Å². The van der Waals surface area contributed by atoms with Crippen molar-refractivity contribution < 1.29 is 9.63 Å². The highest BCUT2D eigenvalue weighted by atomic mass is 16.7. The Kier molecular flexibility index (Phi) is 5.46. The van der Waals surface area contributed by atoms with Gasteiger partial charge in [-0.05, 0) is 16.7 Å². The third-order valence-electron chi connectivity index (χ3n) is 5.32. The van der Waals surface area contributed by atoms with Gasteiger partial charge >= 0.3 is 0 Å². The number of rotatable bonds is 6. The van der Waals surface area contributed by atoms with Crippen LogP contribution in [0.15, 0.2) is 104 Å². The third-order valence-corrected chi connectivity index (χ3v) is 5.32. The zero-order valence-corrected chi connectivity index (χ0v) is 17.0. The lowest BCUT2D eigenvalue weighted by Gasteiger charge is -2.37. The summed E-state index contributed by atoms with van der Waals surface area (Å²) >= 11 is 0. The number of hydrogen-bond acceptors (Lipinski definition) is 3. The van der Waals surface area contributed by atoms with Gasteiger partial charge in [0.25, 0.3) is 5.91 Å². The lowest BCUT2D eigenvalue weighted by Crippen LogP contribution is -2.37. The zero-order valence-electron chi connectivity index (χ0n) is 17.0. The molecule has 4 aromatic rings. The molecule has 0 bridgehead atoms. The van der Waals surface area contributed by atoms with Crippen molar-refractivity contribution in [1.29, 1.82) is 0 Å². The average molecular weight is 397 g/mol. The summed E-state index contributed by atoms with van der Waals surface area (Å²) in [6, 6.07) is 30.8. The molecule has 150 valence electrons. The molecule has 0 radical (unpaired) electrons. The van der Waals surface area contributed by atoms with Crippen molar-refractivity contribution in [2.24, 2.45) is 0 Å². The summed E-state index contributed by atoms with van der Waals surface area (Å²) in [5.74, 6) is -0.306. The molecule has 30 heavy (non-hydrogen) atoms. The molecule has 0 spiro atoms. The van der Waals surface area contributed by atoms with Gasteiger partial charge in [-0.3, -0.25) is 9.63 Å². The van der Waals surface area contributed by atoms with Gasteiger partial charge in [0.05, 0.1) is 13.4 Å². The highest BCUT2D eigenvalue weighted by Gasteiger charge is 2.38. The molecule has 3 aromatic carbocycles. The third kappa shape index (κ3) is 3.29. The fourth-order valence-electron chi connectivity index (χ4n) is 3.85. The first-order chi connectivity index (χ1) is 14.7. The molecular weight excluding hydrogens is 374 g/mol. The number of amides is 1. The van der Waals surface area contributed by atoms with Crippen LogP contribution in [0.3, 0.4) is 0 Å². The number of hydroxylamine groups is 2. The highest BCUT2D eigenvalue weighted by molar-refractivity contribution is 5.91. The average Bonchev–Trinajstić information content (AvgIpc) is 3.31. The monoisotopic (exact) mass is 397 g/mol. The van der Waals surface area contributed by atoms with Gasteiger partial charge in [-0.2, -0.15) is 0 Å². The van der Waals surface area contributed by atoms with Crippen LogP contribution >= 0.6 is 0 Å². The van der Waals surface area contributed by atoms with E-state index in [9.17, 15) is 4.79 Å². The van der Waals surface area contributed by atoms with E-state index in [1.807, 2.05) is 59.2 Å². The second-order valence-electron chi connectivity index (χ2n) is 6.96. The quantitative estimate of drug-likeness (QED) is 0.359. The van der Waals surface area contributed by atoms with E-state index in [1.165, 1.54) is 12.2 Å². The topological polar surface area (TPSA) is 47.4 Å². The molecule has 5 nitrogen and oxygen atoms in total. The number of nitrogens with zero attached hydrogens (tertiary/aromatic N) is 3. The fourth-order valence-corrected chi connectivity index (χ4v) is 3.85. The van der Waals surface area contributed by atoms with Gasteiger partial charge < -0.3 is 4.57 Å².